The van der Waals surface area contributed by atoms with E-state index in [0.717, 1.165) is 18.4 Å². The van der Waals surface area contributed by atoms with Crippen LogP contribution in [0, 0.1) is 0 Å². The van der Waals surface area contributed by atoms with Crippen LogP contribution in [0.5, 0.6) is 0 Å². The van der Waals surface area contributed by atoms with Crippen LogP contribution in [-0.2, 0) is 11.8 Å². The van der Waals surface area contributed by atoms with Gasteiger partial charge in [0, 0.05) is 16.9 Å². The van der Waals surface area contributed by atoms with E-state index in [2.05, 4.69) is 50.4 Å². The van der Waals surface area contributed by atoms with Crippen molar-refractivity contribution in [3.63, 3.8) is 0 Å². The van der Waals surface area contributed by atoms with Gasteiger partial charge < -0.3 is 0 Å². The molecule has 1 aromatic carbocycles. The molecular weight excluding hydrogens is 264 g/mol. The van der Waals surface area contributed by atoms with Gasteiger partial charge in [-0.2, -0.15) is 0 Å². The molecule has 2 heteroatoms. The van der Waals surface area contributed by atoms with Crippen molar-refractivity contribution in [3.8, 4) is 0 Å². The van der Waals surface area contributed by atoms with Crippen LogP contribution in [0.2, 0.25) is 0 Å². The zero-order valence-electron chi connectivity index (χ0n) is 12.5. The van der Waals surface area contributed by atoms with E-state index in [1.54, 1.807) is 11.3 Å². The molecular formula is C18H22OS. The molecule has 0 aliphatic carbocycles. The minimum atomic E-state index is 0.140. The van der Waals surface area contributed by atoms with Gasteiger partial charge >= 0.3 is 0 Å². The summed E-state index contributed by atoms with van der Waals surface area (Å²) in [5, 5.41) is 2.09. The molecule has 1 heterocycles. The Bertz CT molecular complexity index is 544. The molecule has 0 bridgehead atoms. The molecule has 0 saturated carbocycles. The predicted molar refractivity (Wildman–Crippen MR) is 86.7 cm³/mol. The minimum absolute atomic E-state index is 0.140. The van der Waals surface area contributed by atoms with Crippen molar-refractivity contribution >= 4 is 17.1 Å². The topological polar surface area (TPSA) is 17.1 Å². The first kappa shape index (κ1) is 15.0. The summed E-state index contributed by atoms with van der Waals surface area (Å²) < 4.78 is 0. The van der Waals surface area contributed by atoms with Gasteiger partial charge in [-0.1, -0.05) is 51.1 Å². The number of hydrogen-bond donors (Lipinski definition) is 0. The SMILES string of the molecule is CC(C)(C)c1ccc(C(=O)CCCc2cccs2)cc1. The molecule has 0 unspecified atom stereocenters. The number of hydrogen-bond acceptors (Lipinski definition) is 2. The highest BCUT2D eigenvalue weighted by Crippen LogP contribution is 2.22. The van der Waals surface area contributed by atoms with E-state index in [4.69, 9.17) is 0 Å². The number of aryl methyl sites for hydroxylation is 1. The smallest absolute Gasteiger partial charge is 0.162 e. The van der Waals surface area contributed by atoms with Crippen LogP contribution < -0.4 is 0 Å². The predicted octanol–water partition coefficient (Wildman–Crippen LogP) is 5.25. The van der Waals surface area contributed by atoms with Crippen LogP contribution in [0.15, 0.2) is 41.8 Å². The van der Waals surface area contributed by atoms with E-state index in [1.807, 2.05) is 12.1 Å². The van der Waals surface area contributed by atoms with Gasteiger partial charge in [0.15, 0.2) is 5.78 Å². The lowest BCUT2D eigenvalue weighted by Gasteiger charge is -2.18. The maximum atomic E-state index is 12.1. The molecule has 0 atom stereocenters. The maximum Gasteiger partial charge on any atom is 0.162 e. The number of thiophene rings is 1. The molecule has 1 nitrogen and oxygen atoms in total. The first-order valence-corrected chi connectivity index (χ1v) is 8.01. The summed E-state index contributed by atoms with van der Waals surface area (Å²) in [6.45, 7) is 6.56. The minimum Gasteiger partial charge on any atom is -0.294 e. The van der Waals surface area contributed by atoms with Crippen molar-refractivity contribution in [2.24, 2.45) is 0 Å². The van der Waals surface area contributed by atoms with E-state index < -0.39 is 0 Å². The van der Waals surface area contributed by atoms with Crippen LogP contribution in [0.4, 0.5) is 0 Å². The molecule has 0 N–H and O–H groups in total. The molecule has 2 aromatic rings. The van der Waals surface area contributed by atoms with Crippen LogP contribution in [0.3, 0.4) is 0 Å². The van der Waals surface area contributed by atoms with E-state index in [-0.39, 0.29) is 11.2 Å². The Balaban J connectivity index is 1.89. The number of carbonyl (C=O) groups excluding carboxylic acids is 1. The molecule has 2 rings (SSSR count). The molecule has 0 spiro atoms. The van der Waals surface area contributed by atoms with Crippen LogP contribution in [0.1, 0.15) is 54.4 Å². The van der Waals surface area contributed by atoms with E-state index >= 15 is 0 Å². The summed E-state index contributed by atoms with van der Waals surface area (Å²) in [5.74, 6) is 0.252. The lowest BCUT2D eigenvalue weighted by atomic mass is 9.86. The zero-order chi connectivity index (χ0) is 14.6. The van der Waals surface area contributed by atoms with Crippen LogP contribution in [0.25, 0.3) is 0 Å². The van der Waals surface area contributed by atoms with E-state index in [1.165, 1.54) is 10.4 Å². The third kappa shape index (κ3) is 4.04. The number of ketones is 1. The fraction of sp³-hybridized carbons (Fsp3) is 0.389. The summed E-state index contributed by atoms with van der Waals surface area (Å²) >= 11 is 1.76. The molecule has 0 radical (unpaired) electrons. The Hall–Kier alpha value is -1.41. The van der Waals surface area contributed by atoms with Gasteiger partial charge in [-0.05, 0) is 35.3 Å². The normalized spacial score (nSPS) is 11.6. The second-order valence-corrected chi connectivity index (χ2v) is 7.22. The van der Waals surface area contributed by atoms with Crippen LogP contribution in [-0.4, -0.2) is 5.78 Å². The zero-order valence-corrected chi connectivity index (χ0v) is 13.3. The van der Waals surface area contributed by atoms with Crippen molar-refractivity contribution in [2.45, 2.75) is 45.4 Å². The lowest BCUT2D eigenvalue weighted by Crippen LogP contribution is -2.11. The van der Waals surface area contributed by atoms with Crippen molar-refractivity contribution in [1.29, 1.82) is 0 Å². The van der Waals surface area contributed by atoms with Gasteiger partial charge in [-0.3, -0.25) is 4.79 Å². The number of Topliss-reactive ketones (excluding diaryl/α,β-unsaturated/α-hetero) is 1. The van der Waals surface area contributed by atoms with E-state index in [0.29, 0.717) is 6.42 Å². The van der Waals surface area contributed by atoms with E-state index in [9.17, 15) is 4.79 Å². The molecule has 0 aliphatic heterocycles. The average Bonchev–Trinajstić information content (AvgIpc) is 2.91. The first-order valence-electron chi connectivity index (χ1n) is 7.13. The molecule has 1 aromatic heterocycles. The summed E-state index contributed by atoms with van der Waals surface area (Å²) in [4.78, 5) is 13.5. The monoisotopic (exact) mass is 286 g/mol. The third-order valence-corrected chi connectivity index (χ3v) is 4.42. The quantitative estimate of drug-likeness (QED) is 0.686. The highest BCUT2D eigenvalue weighted by molar-refractivity contribution is 7.09. The maximum absolute atomic E-state index is 12.1. The van der Waals surface area contributed by atoms with Gasteiger partial charge in [0.1, 0.15) is 0 Å². The Morgan fingerprint density at radius 2 is 1.80 bits per heavy atom. The average molecular weight is 286 g/mol. The van der Waals surface area contributed by atoms with Gasteiger partial charge in [0.05, 0.1) is 0 Å². The fourth-order valence-electron chi connectivity index (χ4n) is 2.18. The number of benzene rings is 1. The first-order chi connectivity index (χ1) is 9.47. The Labute approximate surface area is 125 Å². The van der Waals surface area contributed by atoms with Gasteiger partial charge in [0.2, 0.25) is 0 Å². The Kier molecular flexibility index (Phi) is 4.77. The van der Waals surface area contributed by atoms with Gasteiger partial charge in [-0.15, -0.1) is 11.3 Å². The van der Waals surface area contributed by atoms with Gasteiger partial charge in [0.25, 0.3) is 0 Å². The van der Waals surface area contributed by atoms with Crippen molar-refractivity contribution in [3.05, 3.63) is 57.8 Å². The summed E-state index contributed by atoms with van der Waals surface area (Å²) in [5.41, 5.74) is 2.25. The molecule has 106 valence electrons. The Morgan fingerprint density at radius 3 is 2.35 bits per heavy atom. The standard InChI is InChI=1S/C18H22OS/c1-18(2,3)15-11-9-14(10-12-15)17(19)8-4-6-16-7-5-13-20-16/h5,7,9-13H,4,6,8H2,1-3H3. The van der Waals surface area contributed by atoms with Gasteiger partial charge in [-0.25, -0.2) is 0 Å². The summed E-state index contributed by atoms with van der Waals surface area (Å²) in [6.07, 6.45) is 2.57. The highest BCUT2D eigenvalue weighted by Gasteiger charge is 2.14. The van der Waals surface area contributed by atoms with Crippen molar-refractivity contribution in [2.75, 3.05) is 0 Å². The van der Waals surface area contributed by atoms with Crippen LogP contribution >= 0.6 is 11.3 Å². The Morgan fingerprint density at radius 1 is 1.10 bits per heavy atom. The van der Waals surface area contributed by atoms with Crippen molar-refractivity contribution < 1.29 is 4.79 Å². The van der Waals surface area contributed by atoms with Crippen molar-refractivity contribution in [1.82, 2.24) is 0 Å². The summed E-state index contributed by atoms with van der Waals surface area (Å²) in [6, 6.07) is 12.3. The number of rotatable bonds is 5. The highest BCUT2D eigenvalue weighted by atomic mass is 32.1. The second kappa shape index (κ2) is 6.36. The third-order valence-electron chi connectivity index (χ3n) is 3.48. The molecule has 0 saturated heterocycles. The second-order valence-electron chi connectivity index (χ2n) is 6.18. The molecule has 20 heavy (non-hydrogen) atoms. The molecule has 0 amide bonds. The molecule has 0 fully saturated rings. The molecule has 0 aliphatic rings. The fourth-order valence-corrected chi connectivity index (χ4v) is 2.93. The number of carbonyl (C=O) groups is 1. The summed E-state index contributed by atoms with van der Waals surface area (Å²) in [7, 11) is 0. The largest absolute Gasteiger partial charge is 0.294 e. The lowest BCUT2D eigenvalue weighted by molar-refractivity contribution is 0.0980.